The first-order valence-corrected chi connectivity index (χ1v) is 8.31. The topological polar surface area (TPSA) is 127 Å². The zero-order valence-electron chi connectivity index (χ0n) is 14.4. The molecule has 1 fully saturated rings. The standard InChI is InChI=1S/C18H15F2N5O3/c19-11-3-12(20)14(4-13(11)22)25-7-10(18(27)28)16(26)9-1-2-15(23-17(9)25)24-5-8(21)6-24/h1-4,7-8H,5-6,21-22H2,(H,27,28). The molecule has 2 aromatic heterocycles. The van der Waals surface area contributed by atoms with Crippen LogP contribution in [0.25, 0.3) is 16.7 Å². The fourth-order valence-corrected chi connectivity index (χ4v) is 3.14. The molecule has 5 N–H and O–H groups in total. The number of hydrogen-bond acceptors (Lipinski definition) is 6. The van der Waals surface area contributed by atoms with Crippen LogP contribution in [0.2, 0.25) is 0 Å². The molecule has 28 heavy (non-hydrogen) atoms. The molecule has 3 aromatic rings. The van der Waals surface area contributed by atoms with Crippen LogP contribution >= 0.6 is 0 Å². The van der Waals surface area contributed by atoms with E-state index < -0.39 is 28.6 Å². The Morgan fingerprint density at radius 1 is 1.21 bits per heavy atom. The first-order valence-electron chi connectivity index (χ1n) is 8.31. The Bertz CT molecular complexity index is 1190. The molecule has 4 rings (SSSR count). The molecule has 0 radical (unpaired) electrons. The molecule has 3 heterocycles. The summed E-state index contributed by atoms with van der Waals surface area (Å²) in [5.41, 5.74) is 9.47. The highest BCUT2D eigenvalue weighted by Crippen LogP contribution is 2.26. The van der Waals surface area contributed by atoms with E-state index >= 15 is 0 Å². The Morgan fingerprint density at radius 3 is 2.57 bits per heavy atom. The Balaban J connectivity index is 2.03. The van der Waals surface area contributed by atoms with Crippen LogP contribution in [-0.4, -0.2) is 39.8 Å². The molecular weight excluding hydrogens is 372 g/mol. The van der Waals surface area contributed by atoms with Gasteiger partial charge in [0.1, 0.15) is 23.0 Å². The van der Waals surface area contributed by atoms with Gasteiger partial charge in [0.2, 0.25) is 5.43 Å². The monoisotopic (exact) mass is 387 g/mol. The number of nitrogen functional groups attached to an aromatic ring is 1. The predicted octanol–water partition coefficient (Wildman–Crippen LogP) is 1.09. The van der Waals surface area contributed by atoms with Gasteiger partial charge in [0.25, 0.3) is 0 Å². The minimum Gasteiger partial charge on any atom is -0.477 e. The zero-order chi connectivity index (χ0) is 20.2. The number of hydrogen-bond donors (Lipinski definition) is 3. The maximum Gasteiger partial charge on any atom is 0.341 e. The summed E-state index contributed by atoms with van der Waals surface area (Å²) in [6.07, 6.45) is 0.960. The van der Waals surface area contributed by atoms with Gasteiger partial charge in [-0.25, -0.2) is 18.6 Å². The third kappa shape index (κ3) is 2.74. The highest BCUT2D eigenvalue weighted by Gasteiger charge is 2.26. The van der Waals surface area contributed by atoms with Crippen molar-refractivity contribution in [2.24, 2.45) is 5.73 Å². The fourth-order valence-electron chi connectivity index (χ4n) is 3.14. The highest BCUT2D eigenvalue weighted by molar-refractivity contribution is 5.92. The largest absolute Gasteiger partial charge is 0.477 e. The van der Waals surface area contributed by atoms with Crippen molar-refractivity contribution in [2.45, 2.75) is 6.04 Å². The third-order valence-electron chi connectivity index (χ3n) is 4.63. The van der Waals surface area contributed by atoms with E-state index in [1.807, 2.05) is 4.90 Å². The molecule has 0 saturated carbocycles. The summed E-state index contributed by atoms with van der Waals surface area (Å²) < 4.78 is 29.1. The Morgan fingerprint density at radius 2 is 1.93 bits per heavy atom. The summed E-state index contributed by atoms with van der Waals surface area (Å²) >= 11 is 0. The quantitative estimate of drug-likeness (QED) is 0.574. The predicted molar refractivity (Wildman–Crippen MR) is 98.8 cm³/mol. The molecule has 0 spiro atoms. The number of pyridine rings is 2. The average Bonchev–Trinajstić information content (AvgIpc) is 2.62. The van der Waals surface area contributed by atoms with Crippen molar-refractivity contribution < 1.29 is 18.7 Å². The minimum absolute atomic E-state index is 0.00316. The molecule has 0 amide bonds. The summed E-state index contributed by atoms with van der Waals surface area (Å²) in [6, 6.07) is 4.61. The number of carboxylic acid groups (broad SMARTS) is 1. The number of rotatable bonds is 3. The molecule has 1 aliphatic heterocycles. The number of benzene rings is 1. The second kappa shape index (κ2) is 6.27. The Labute approximate surface area is 156 Å². The van der Waals surface area contributed by atoms with Gasteiger partial charge in [-0.2, -0.15) is 0 Å². The van der Waals surface area contributed by atoms with Gasteiger partial charge in [0.05, 0.1) is 16.8 Å². The van der Waals surface area contributed by atoms with Crippen LogP contribution in [0.1, 0.15) is 10.4 Å². The molecule has 0 unspecified atom stereocenters. The summed E-state index contributed by atoms with van der Waals surface area (Å²) in [6.45, 7) is 1.13. The number of carboxylic acids is 1. The second-order valence-corrected chi connectivity index (χ2v) is 6.58. The number of nitrogens with two attached hydrogens (primary N) is 2. The van der Waals surface area contributed by atoms with Crippen molar-refractivity contribution in [3.8, 4) is 5.69 Å². The van der Waals surface area contributed by atoms with E-state index in [-0.39, 0.29) is 28.5 Å². The lowest BCUT2D eigenvalue weighted by Gasteiger charge is -2.37. The van der Waals surface area contributed by atoms with Crippen molar-refractivity contribution in [1.29, 1.82) is 0 Å². The first-order chi connectivity index (χ1) is 13.3. The van der Waals surface area contributed by atoms with E-state index in [2.05, 4.69) is 4.98 Å². The summed E-state index contributed by atoms with van der Waals surface area (Å²) in [4.78, 5) is 30.3. The number of nitrogens with zero attached hydrogens (tertiary/aromatic N) is 3. The van der Waals surface area contributed by atoms with E-state index in [9.17, 15) is 23.5 Å². The molecule has 1 saturated heterocycles. The number of halogens is 2. The lowest BCUT2D eigenvalue weighted by atomic mass is 10.1. The maximum absolute atomic E-state index is 14.5. The zero-order valence-corrected chi connectivity index (χ0v) is 14.4. The molecule has 10 heteroatoms. The van der Waals surface area contributed by atoms with Crippen LogP contribution in [0.5, 0.6) is 0 Å². The van der Waals surface area contributed by atoms with Gasteiger partial charge in [-0.05, 0) is 18.2 Å². The first kappa shape index (κ1) is 17.9. The Kier molecular flexibility index (Phi) is 4.00. The third-order valence-corrected chi connectivity index (χ3v) is 4.63. The average molecular weight is 387 g/mol. The molecule has 8 nitrogen and oxygen atoms in total. The van der Waals surface area contributed by atoms with Gasteiger partial charge in [0, 0.05) is 31.4 Å². The summed E-state index contributed by atoms with van der Waals surface area (Å²) in [5.74, 6) is -2.91. The van der Waals surface area contributed by atoms with Gasteiger partial charge in [-0.15, -0.1) is 0 Å². The van der Waals surface area contributed by atoms with Crippen LogP contribution < -0.4 is 21.8 Å². The normalized spacial score (nSPS) is 14.3. The van der Waals surface area contributed by atoms with Crippen molar-refractivity contribution in [2.75, 3.05) is 23.7 Å². The molecule has 0 aliphatic carbocycles. The van der Waals surface area contributed by atoms with Crippen molar-refractivity contribution >= 4 is 28.5 Å². The number of aromatic carboxylic acids is 1. The number of aromatic nitrogens is 2. The molecule has 1 aliphatic rings. The maximum atomic E-state index is 14.5. The van der Waals surface area contributed by atoms with E-state index in [4.69, 9.17) is 11.5 Å². The molecule has 1 aromatic carbocycles. The van der Waals surface area contributed by atoms with E-state index in [1.165, 1.54) is 6.07 Å². The molecule has 0 bridgehead atoms. The van der Waals surface area contributed by atoms with Crippen LogP contribution in [0.15, 0.2) is 35.3 Å². The number of anilines is 2. The van der Waals surface area contributed by atoms with E-state index in [0.717, 1.165) is 16.8 Å². The van der Waals surface area contributed by atoms with Crippen LogP contribution in [0.3, 0.4) is 0 Å². The van der Waals surface area contributed by atoms with Crippen LogP contribution in [-0.2, 0) is 0 Å². The highest BCUT2D eigenvalue weighted by atomic mass is 19.1. The summed E-state index contributed by atoms with van der Waals surface area (Å²) in [5, 5.41) is 9.33. The SMILES string of the molecule is Nc1cc(-n2cc(C(=O)O)c(=O)c3ccc(N4CC(N)C4)nc32)c(F)cc1F. The van der Waals surface area contributed by atoms with Crippen molar-refractivity contribution in [3.05, 3.63) is 57.9 Å². The molecular formula is C18H15F2N5O3. The van der Waals surface area contributed by atoms with Crippen LogP contribution in [0, 0.1) is 11.6 Å². The van der Waals surface area contributed by atoms with E-state index in [0.29, 0.717) is 25.0 Å². The van der Waals surface area contributed by atoms with E-state index in [1.54, 1.807) is 6.07 Å². The number of fused-ring (bicyclic) bond motifs is 1. The van der Waals surface area contributed by atoms with Gasteiger partial charge >= 0.3 is 5.97 Å². The lowest BCUT2D eigenvalue weighted by Crippen LogP contribution is -2.56. The number of carbonyl (C=O) groups is 1. The van der Waals surface area contributed by atoms with Gasteiger partial charge in [-0.3, -0.25) is 9.36 Å². The smallest absolute Gasteiger partial charge is 0.341 e. The summed E-state index contributed by atoms with van der Waals surface area (Å²) in [7, 11) is 0. The van der Waals surface area contributed by atoms with Crippen molar-refractivity contribution in [1.82, 2.24) is 9.55 Å². The van der Waals surface area contributed by atoms with Crippen molar-refractivity contribution in [3.63, 3.8) is 0 Å². The fraction of sp³-hybridized carbons (Fsp3) is 0.167. The molecule has 144 valence electrons. The lowest BCUT2D eigenvalue weighted by molar-refractivity contribution is 0.0695. The minimum atomic E-state index is -1.48. The van der Waals surface area contributed by atoms with Gasteiger partial charge < -0.3 is 21.5 Å². The van der Waals surface area contributed by atoms with Crippen LogP contribution in [0.4, 0.5) is 20.3 Å². The molecule has 0 atom stereocenters. The van der Waals surface area contributed by atoms with Gasteiger partial charge in [0.15, 0.2) is 5.65 Å². The second-order valence-electron chi connectivity index (χ2n) is 6.58. The Hall–Kier alpha value is -3.53. The van der Waals surface area contributed by atoms with Gasteiger partial charge in [-0.1, -0.05) is 0 Å².